The van der Waals surface area contributed by atoms with E-state index in [1.165, 1.54) is 10.8 Å². The largest absolute Gasteiger partial charge is 0.370 e. The Bertz CT molecular complexity index is 429. The van der Waals surface area contributed by atoms with Crippen molar-refractivity contribution in [2.75, 3.05) is 6.61 Å². The Balaban J connectivity index is 2.26. The summed E-state index contributed by atoms with van der Waals surface area (Å²) in [6.45, 7) is 4.74. The van der Waals surface area contributed by atoms with Gasteiger partial charge in [0.25, 0.3) is 0 Å². The van der Waals surface area contributed by atoms with Crippen molar-refractivity contribution in [3.8, 4) is 0 Å². The minimum absolute atomic E-state index is 0.781. The highest BCUT2D eigenvalue weighted by atomic mass is 16.5. The van der Waals surface area contributed by atoms with Crippen LogP contribution in [0.5, 0.6) is 0 Å². The highest BCUT2D eigenvalue weighted by molar-refractivity contribution is 5.86. The average Bonchev–Trinajstić information content (AvgIpc) is 2.30. The Hall–Kier alpha value is -1.34. The number of ether oxygens (including phenoxy) is 1. The van der Waals surface area contributed by atoms with Crippen LogP contribution in [-0.4, -0.2) is 6.61 Å². The second kappa shape index (κ2) is 4.94. The summed E-state index contributed by atoms with van der Waals surface area (Å²) in [5.41, 5.74) is 1.15. The molecule has 0 aliphatic carbocycles. The zero-order valence-electron chi connectivity index (χ0n) is 8.94. The maximum atomic E-state index is 5.45. The minimum Gasteiger partial charge on any atom is -0.370 e. The highest BCUT2D eigenvalue weighted by Crippen LogP contribution is 2.19. The topological polar surface area (TPSA) is 9.23 Å². The van der Waals surface area contributed by atoms with E-state index in [0.29, 0.717) is 0 Å². The molecule has 0 spiro atoms. The molecule has 0 saturated carbocycles. The van der Waals surface area contributed by atoms with Crippen molar-refractivity contribution in [3.63, 3.8) is 0 Å². The van der Waals surface area contributed by atoms with Crippen molar-refractivity contribution in [1.29, 1.82) is 0 Å². The van der Waals surface area contributed by atoms with Gasteiger partial charge in [-0.3, -0.25) is 0 Å². The summed E-state index contributed by atoms with van der Waals surface area (Å²) in [4.78, 5) is 0. The summed E-state index contributed by atoms with van der Waals surface area (Å²) in [5.74, 6) is 0. The highest BCUT2D eigenvalue weighted by Gasteiger charge is 1.99. The molecule has 0 bridgehead atoms. The van der Waals surface area contributed by atoms with Gasteiger partial charge in [0, 0.05) is 6.61 Å². The second-order valence-electron chi connectivity index (χ2n) is 3.56. The van der Waals surface area contributed by atoms with E-state index in [9.17, 15) is 0 Å². The molecule has 0 aromatic heterocycles. The summed E-state index contributed by atoms with van der Waals surface area (Å²) >= 11 is 0. The molecule has 0 aliphatic heterocycles. The summed E-state index contributed by atoms with van der Waals surface area (Å²) in [6.07, 6.45) is 1.04. The van der Waals surface area contributed by atoms with Crippen LogP contribution in [0, 0.1) is 6.61 Å². The Kier molecular flexibility index (Phi) is 3.36. The average molecular weight is 199 g/mol. The SMILES string of the molecule is CCCO[CH]c1cccc2ccccc12. The third kappa shape index (κ3) is 2.37. The zero-order chi connectivity index (χ0) is 10.5. The summed E-state index contributed by atoms with van der Waals surface area (Å²) in [7, 11) is 0. The number of hydrogen-bond acceptors (Lipinski definition) is 1. The molecule has 0 aliphatic rings. The summed E-state index contributed by atoms with van der Waals surface area (Å²) in [6, 6.07) is 14.6. The van der Waals surface area contributed by atoms with Crippen LogP contribution in [0.4, 0.5) is 0 Å². The van der Waals surface area contributed by atoms with Crippen molar-refractivity contribution in [1.82, 2.24) is 0 Å². The van der Waals surface area contributed by atoms with E-state index in [0.717, 1.165) is 18.6 Å². The fourth-order valence-electron chi connectivity index (χ4n) is 1.62. The summed E-state index contributed by atoms with van der Waals surface area (Å²) < 4.78 is 5.45. The predicted molar refractivity (Wildman–Crippen MR) is 63.6 cm³/mol. The lowest BCUT2D eigenvalue weighted by Gasteiger charge is -2.05. The van der Waals surface area contributed by atoms with Crippen molar-refractivity contribution in [3.05, 3.63) is 54.6 Å². The number of rotatable bonds is 4. The molecule has 1 heteroatoms. The van der Waals surface area contributed by atoms with Gasteiger partial charge in [0.05, 0.1) is 0 Å². The fraction of sp³-hybridized carbons (Fsp3) is 0.214. The molecule has 0 heterocycles. The molecule has 77 valence electrons. The van der Waals surface area contributed by atoms with Gasteiger partial charge in [-0.15, -0.1) is 0 Å². The molecule has 2 rings (SSSR count). The third-order valence-electron chi connectivity index (χ3n) is 2.36. The first-order valence-electron chi connectivity index (χ1n) is 5.34. The van der Waals surface area contributed by atoms with Crippen LogP contribution < -0.4 is 0 Å². The van der Waals surface area contributed by atoms with Crippen molar-refractivity contribution in [2.24, 2.45) is 0 Å². The molecule has 2 aromatic carbocycles. The van der Waals surface area contributed by atoms with Crippen LogP contribution in [0.1, 0.15) is 18.9 Å². The molecular weight excluding hydrogens is 184 g/mol. The van der Waals surface area contributed by atoms with Crippen LogP contribution in [-0.2, 0) is 4.74 Å². The summed E-state index contributed by atoms with van der Waals surface area (Å²) in [5, 5.41) is 2.50. The van der Waals surface area contributed by atoms with Crippen molar-refractivity contribution in [2.45, 2.75) is 13.3 Å². The van der Waals surface area contributed by atoms with Crippen molar-refractivity contribution >= 4 is 10.8 Å². The molecule has 0 N–H and O–H groups in total. The lowest BCUT2D eigenvalue weighted by molar-refractivity contribution is 0.213. The third-order valence-corrected chi connectivity index (χ3v) is 2.36. The molecule has 0 amide bonds. The molecule has 2 aromatic rings. The Labute approximate surface area is 90.7 Å². The number of hydrogen-bond donors (Lipinski definition) is 0. The van der Waals surface area contributed by atoms with E-state index in [1.807, 2.05) is 6.61 Å². The van der Waals surface area contributed by atoms with E-state index < -0.39 is 0 Å². The monoisotopic (exact) mass is 199 g/mol. The van der Waals surface area contributed by atoms with Gasteiger partial charge in [-0.25, -0.2) is 0 Å². The van der Waals surface area contributed by atoms with Gasteiger partial charge in [0.2, 0.25) is 0 Å². The Morgan fingerprint density at radius 1 is 1.07 bits per heavy atom. The van der Waals surface area contributed by atoms with Gasteiger partial charge in [0.1, 0.15) is 6.61 Å². The van der Waals surface area contributed by atoms with Crippen LogP contribution >= 0.6 is 0 Å². The van der Waals surface area contributed by atoms with Crippen molar-refractivity contribution < 1.29 is 4.74 Å². The van der Waals surface area contributed by atoms with Gasteiger partial charge in [-0.05, 0) is 22.8 Å². The lowest BCUT2D eigenvalue weighted by Crippen LogP contribution is -1.92. The number of fused-ring (bicyclic) bond motifs is 1. The van der Waals surface area contributed by atoms with E-state index >= 15 is 0 Å². The molecule has 0 fully saturated rings. The lowest BCUT2D eigenvalue weighted by atomic mass is 10.1. The zero-order valence-corrected chi connectivity index (χ0v) is 8.94. The van der Waals surface area contributed by atoms with E-state index in [4.69, 9.17) is 4.74 Å². The van der Waals surface area contributed by atoms with Crippen LogP contribution in [0.25, 0.3) is 10.8 Å². The van der Waals surface area contributed by atoms with E-state index in [2.05, 4.69) is 49.4 Å². The molecular formula is C14H15O. The smallest absolute Gasteiger partial charge is 0.113 e. The van der Waals surface area contributed by atoms with Crippen LogP contribution in [0.2, 0.25) is 0 Å². The molecule has 0 unspecified atom stereocenters. The second-order valence-corrected chi connectivity index (χ2v) is 3.56. The minimum atomic E-state index is 0.781. The Morgan fingerprint density at radius 2 is 1.87 bits per heavy atom. The first kappa shape index (κ1) is 10.2. The molecule has 15 heavy (non-hydrogen) atoms. The van der Waals surface area contributed by atoms with Gasteiger partial charge < -0.3 is 4.74 Å². The number of benzene rings is 2. The van der Waals surface area contributed by atoms with Gasteiger partial charge in [-0.2, -0.15) is 0 Å². The van der Waals surface area contributed by atoms with Gasteiger partial charge in [0.15, 0.2) is 0 Å². The van der Waals surface area contributed by atoms with Crippen LogP contribution in [0.15, 0.2) is 42.5 Å². The molecule has 0 atom stereocenters. The first-order chi connectivity index (χ1) is 7.42. The Morgan fingerprint density at radius 3 is 2.73 bits per heavy atom. The normalized spacial score (nSPS) is 10.7. The van der Waals surface area contributed by atoms with Gasteiger partial charge >= 0.3 is 0 Å². The van der Waals surface area contributed by atoms with Gasteiger partial charge in [-0.1, -0.05) is 49.4 Å². The quantitative estimate of drug-likeness (QED) is 0.681. The maximum Gasteiger partial charge on any atom is 0.113 e. The fourth-order valence-corrected chi connectivity index (χ4v) is 1.62. The molecule has 1 nitrogen and oxygen atoms in total. The maximum absolute atomic E-state index is 5.45. The predicted octanol–water partition coefficient (Wildman–Crippen LogP) is 3.78. The van der Waals surface area contributed by atoms with Crippen LogP contribution in [0.3, 0.4) is 0 Å². The first-order valence-corrected chi connectivity index (χ1v) is 5.34. The molecule has 1 radical (unpaired) electrons. The standard InChI is InChI=1S/C14H15O/c1-2-10-15-11-13-8-5-7-12-6-3-4-9-14(12)13/h3-9,11H,2,10H2,1H3. The molecule has 0 saturated heterocycles. The van der Waals surface area contributed by atoms with E-state index in [1.54, 1.807) is 0 Å². The van der Waals surface area contributed by atoms with E-state index in [-0.39, 0.29) is 0 Å².